The summed E-state index contributed by atoms with van der Waals surface area (Å²) in [5.74, 6) is -3.91. The number of nitrogens with one attached hydrogen (secondary N) is 1. The third kappa shape index (κ3) is 8.37. The molecule has 0 saturated heterocycles. The second-order valence-corrected chi connectivity index (χ2v) is 10.5. The second-order valence-electron chi connectivity index (χ2n) is 10.5. The number of rotatable bonds is 12. The minimum Gasteiger partial charge on any atom is -0.634 e. The number of methoxy groups -OCH3 is 1. The maximum atomic E-state index is 15.6. The molecule has 4 rings (SSSR count). The van der Waals surface area contributed by atoms with Gasteiger partial charge in [-0.05, 0) is 31.5 Å². The van der Waals surface area contributed by atoms with Gasteiger partial charge in [0.15, 0.2) is 11.6 Å². The summed E-state index contributed by atoms with van der Waals surface area (Å²) in [6, 6.07) is 12.9. The number of carboxylic acids is 1. The van der Waals surface area contributed by atoms with Crippen LogP contribution in [0.3, 0.4) is 0 Å². The zero-order valence-corrected chi connectivity index (χ0v) is 27.7. The molecule has 4 aromatic rings. The summed E-state index contributed by atoms with van der Waals surface area (Å²) >= 11 is 0. The molecular formula is C32H29F5N3NaO6. The summed E-state index contributed by atoms with van der Waals surface area (Å²) in [5, 5.41) is 23.8. The molecule has 9 nitrogen and oxygen atoms in total. The Morgan fingerprint density at radius 3 is 2.26 bits per heavy atom. The monoisotopic (exact) mass is 669 g/mol. The van der Waals surface area contributed by atoms with E-state index >= 15 is 4.39 Å². The van der Waals surface area contributed by atoms with Gasteiger partial charge in [0, 0.05) is 34.8 Å². The van der Waals surface area contributed by atoms with Gasteiger partial charge in [-0.15, -0.1) is 0 Å². The minimum absolute atomic E-state index is 0. The number of carboxylic acid groups (broad SMARTS) is 1. The van der Waals surface area contributed by atoms with Crippen molar-refractivity contribution < 1.29 is 71.2 Å². The molecule has 0 aliphatic carbocycles. The van der Waals surface area contributed by atoms with Crippen LogP contribution in [0.1, 0.15) is 41.3 Å². The van der Waals surface area contributed by atoms with E-state index in [4.69, 9.17) is 4.74 Å². The standard InChI is InChI=1S/C32H30F5N3O6.Na/c1-19-28(21-11-6-14-26(46-2)29(21)34)30(43)39(18-25(20-9-4-3-5-10-20)40(45)16-8-15-27(41)42)31(44)38(19)17-22-23(32(35,36)37)12-7-13-24(22)33;/h3-7,9-14,25,40H,8,15-18H2,1-2H3,(H,41,42);/q;+1/p-1/t25-;/m0./s1. The summed E-state index contributed by atoms with van der Waals surface area (Å²) < 4.78 is 78.6. The van der Waals surface area contributed by atoms with Crippen molar-refractivity contribution in [1.29, 1.82) is 0 Å². The van der Waals surface area contributed by atoms with Gasteiger partial charge in [0.1, 0.15) is 11.9 Å². The van der Waals surface area contributed by atoms with Crippen LogP contribution in [0.2, 0.25) is 0 Å². The van der Waals surface area contributed by atoms with Crippen LogP contribution in [0.25, 0.3) is 11.1 Å². The van der Waals surface area contributed by atoms with Crippen LogP contribution < -0.4 is 55.7 Å². The van der Waals surface area contributed by atoms with Gasteiger partial charge in [-0.3, -0.25) is 13.9 Å². The maximum Gasteiger partial charge on any atom is 1.00 e. The fraction of sp³-hybridized carbons (Fsp3) is 0.281. The predicted molar refractivity (Wildman–Crippen MR) is 155 cm³/mol. The van der Waals surface area contributed by atoms with E-state index in [0.29, 0.717) is 16.2 Å². The van der Waals surface area contributed by atoms with Crippen LogP contribution in [0, 0.1) is 23.8 Å². The van der Waals surface area contributed by atoms with Gasteiger partial charge >= 0.3 is 41.4 Å². The molecule has 0 radical (unpaired) electrons. The number of aliphatic carboxylic acids is 1. The molecular weight excluding hydrogens is 640 g/mol. The number of hydrogen-bond donors (Lipinski definition) is 1. The quantitative estimate of drug-likeness (QED) is 0.129. The number of hydrogen-bond acceptors (Lipinski definition) is 6. The second kappa shape index (κ2) is 15.8. The Bertz CT molecular complexity index is 1850. The average Bonchev–Trinajstić information content (AvgIpc) is 3.00. The maximum absolute atomic E-state index is 15.6. The van der Waals surface area contributed by atoms with Crippen LogP contribution in [-0.4, -0.2) is 28.8 Å². The number of aromatic nitrogens is 2. The van der Waals surface area contributed by atoms with Crippen LogP contribution in [-0.2, 0) is 24.1 Å². The third-order valence-electron chi connectivity index (χ3n) is 7.64. The molecule has 2 atom stereocenters. The van der Waals surface area contributed by atoms with Crippen LogP contribution in [0.15, 0.2) is 76.3 Å². The van der Waals surface area contributed by atoms with Crippen molar-refractivity contribution in [2.45, 2.75) is 45.1 Å². The molecule has 1 aromatic heterocycles. The minimum atomic E-state index is -5.00. The molecule has 244 valence electrons. The van der Waals surface area contributed by atoms with E-state index in [-0.39, 0.29) is 59.5 Å². The molecule has 1 unspecified atom stereocenters. The molecule has 0 amide bonds. The van der Waals surface area contributed by atoms with E-state index in [0.717, 1.165) is 16.7 Å². The van der Waals surface area contributed by atoms with Crippen molar-refractivity contribution in [2.75, 3.05) is 13.7 Å². The molecule has 1 N–H and O–H groups in total. The summed E-state index contributed by atoms with van der Waals surface area (Å²) in [5.41, 5.74) is -5.12. The Hall–Kier alpha value is -3.82. The molecule has 15 heteroatoms. The van der Waals surface area contributed by atoms with E-state index in [1.807, 2.05) is 0 Å². The molecule has 0 spiro atoms. The van der Waals surface area contributed by atoms with Crippen molar-refractivity contribution in [1.82, 2.24) is 9.13 Å². The summed E-state index contributed by atoms with van der Waals surface area (Å²) in [6.07, 6.45) is -5.51. The Labute approximate surface area is 287 Å². The van der Waals surface area contributed by atoms with Gasteiger partial charge in [-0.2, -0.15) is 13.2 Å². The first-order valence-corrected chi connectivity index (χ1v) is 14.0. The van der Waals surface area contributed by atoms with E-state index in [1.165, 1.54) is 32.2 Å². The van der Waals surface area contributed by atoms with Crippen molar-refractivity contribution in [3.05, 3.63) is 127 Å². The van der Waals surface area contributed by atoms with Gasteiger partial charge < -0.3 is 24.9 Å². The Morgan fingerprint density at radius 2 is 1.64 bits per heavy atom. The van der Waals surface area contributed by atoms with E-state index < -0.39 is 82.3 Å². The smallest absolute Gasteiger partial charge is 0.634 e. The summed E-state index contributed by atoms with van der Waals surface area (Å²) in [6.45, 7) is -0.659. The van der Waals surface area contributed by atoms with E-state index in [1.54, 1.807) is 30.3 Å². The van der Waals surface area contributed by atoms with Gasteiger partial charge in [-0.25, -0.2) is 13.6 Å². The van der Waals surface area contributed by atoms with Gasteiger partial charge in [0.25, 0.3) is 5.56 Å². The first kappa shape index (κ1) is 37.6. The Balaban J connectivity index is 0.00000600. The normalized spacial score (nSPS) is 12.7. The number of benzene rings is 3. The largest absolute Gasteiger partial charge is 1.00 e. The molecule has 0 bridgehead atoms. The van der Waals surface area contributed by atoms with Crippen LogP contribution >= 0.6 is 0 Å². The van der Waals surface area contributed by atoms with E-state index in [2.05, 4.69) is 0 Å². The van der Waals surface area contributed by atoms with Crippen molar-refractivity contribution in [3.8, 4) is 16.9 Å². The number of nitrogens with zero attached hydrogens (tertiary/aromatic N) is 2. The number of carbonyl (C=O) groups is 1. The molecule has 0 saturated carbocycles. The first-order valence-electron chi connectivity index (χ1n) is 14.0. The number of alkyl halides is 3. The number of hydroxylamine groups is 2. The number of carbonyl (C=O) groups excluding carboxylic acids is 1. The van der Waals surface area contributed by atoms with Gasteiger partial charge in [0.05, 0.1) is 37.9 Å². The number of quaternary nitrogens is 1. The molecule has 3 aromatic carbocycles. The van der Waals surface area contributed by atoms with Gasteiger partial charge in [0.2, 0.25) is 0 Å². The van der Waals surface area contributed by atoms with Crippen molar-refractivity contribution in [2.24, 2.45) is 0 Å². The number of halogens is 5. The zero-order chi connectivity index (χ0) is 33.8. The first-order chi connectivity index (χ1) is 21.8. The topological polar surface area (TPSA) is 121 Å². The van der Waals surface area contributed by atoms with Gasteiger partial charge in [-0.1, -0.05) is 48.5 Å². The molecule has 1 heterocycles. The molecule has 47 heavy (non-hydrogen) atoms. The van der Waals surface area contributed by atoms with Crippen LogP contribution in [0.4, 0.5) is 22.0 Å². The number of ether oxygens (including phenoxy) is 1. The Kier molecular flexibility index (Phi) is 12.7. The zero-order valence-electron chi connectivity index (χ0n) is 25.7. The summed E-state index contributed by atoms with van der Waals surface area (Å²) in [7, 11) is 1.18. The molecule has 0 aliphatic rings. The fourth-order valence-corrected chi connectivity index (χ4v) is 5.30. The molecule has 0 aliphatic heterocycles. The van der Waals surface area contributed by atoms with Crippen molar-refractivity contribution in [3.63, 3.8) is 0 Å². The summed E-state index contributed by atoms with van der Waals surface area (Å²) in [4.78, 5) is 38.9. The average molecular weight is 670 g/mol. The SMILES string of the molecule is COc1cccc(-c2c(C)n(Cc3c(F)cccc3C(F)(F)F)c(=O)n(C[C@@H](c3ccccc3)[NH+]([O-])CCCC(=O)[O-])c2=O)c1F.[Na+]. The molecule has 0 fully saturated rings. The third-order valence-corrected chi connectivity index (χ3v) is 7.64. The predicted octanol–water partition coefficient (Wildman–Crippen LogP) is -0.00258. The van der Waals surface area contributed by atoms with E-state index in [9.17, 15) is 42.3 Å². The van der Waals surface area contributed by atoms with Crippen LogP contribution in [0.5, 0.6) is 5.75 Å². The van der Waals surface area contributed by atoms with Crippen molar-refractivity contribution >= 4 is 5.97 Å². The fourth-order valence-electron chi connectivity index (χ4n) is 5.30. The Morgan fingerprint density at radius 1 is 0.979 bits per heavy atom.